The Morgan fingerprint density at radius 1 is 0.935 bits per heavy atom. The van der Waals surface area contributed by atoms with E-state index in [1.54, 1.807) is 36.7 Å². The molecule has 3 aromatic rings. The molecule has 0 unspecified atom stereocenters. The summed E-state index contributed by atoms with van der Waals surface area (Å²) in [7, 11) is 0. The predicted octanol–water partition coefficient (Wildman–Crippen LogP) is 4.00. The second kappa shape index (κ2) is 10.7. The fourth-order valence-electron chi connectivity index (χ4n) is 2.85. The zero-order chi connectivity index (χ0) is 22.1. The number of hydrogen-bond acceptors (Lipinski definition) is 4. The van der Waals surface area contributed by atoms with E-state index in [4.69, 9.17) is 0 Å². The lowest BCUT2D eigenvalue weighted by Gasteiger charge is -2.13. The minimum absolute atomic E-state index is 0.200. The van der Waals surface area contributed by atoms with Gasteiger partial charge in [-0.15, -0.1) is 0 Å². The second-order valence-corrected chi connectivity index (χ2v) is 6.92. The molecule has 0 atom stereocenters. The summed E-state index contributed by atoms with van der Waals surface area (Å²) in [6, 6.07) is 18.4. The molecule has 3 rings (SSSR count). The van der Waals surface area contributed by atoms with Crippen molar-refractivity contribution in [3.63, 3.8) is 0 Å². The molecular weight excluding hydrogens is 390 g/mol. The molecule has 158 valence electrons. The molecule has 0 saturated heterocycles. The van der Waals surface area contributed by atoms with E-state index < -0.39 is 0 Å². The van der Waals surface area contributed by atoms with Gasteiger partial charge >= 0.3 is 0 Å². The number of nitrogens with one attached hydrogen (secondary N) is 3. The first-order chi connectivity index (χ1) is 15.0. The van der Waals surface area contributed by atoms with Crippen LogP contribution in [0.5, 0.6) is 0 Å². The fraction of sp³-hybridized carbons (Fsp3) is 0.167. The van der Waals surface area contributed by atoms with Gasteiger partial charge in [0.05, 0.1) is 6.54 Å². The van der Waals surface area contributed by atoms with Gasteiger partial charge in [-0.3, -0.25) is 19.9 Å². The molecule has 2 amide bonds. The maximum absolute atomic E-state index is 12.8. The van der Waals surface area contributed by atoms with Crippen LogP contribution in [0, 0.1) is 0 Å². The van der Waals surface area contributed by atoms with E-state index in [2.05, 4.69) is 32.9 Å². The average Bonchev–Trinajstić information content (AvgIpc) is 2.78. The van der Waals surface area contributed by atoms with Crippen molar-refractivity contribution in [2.24, 2.45) is 4.99 Å². The highest BCUT2D eigenvalue weighted by molar-refractivity contribution is 6.10. The molecule has 2 aromatic carbocycles. The second-order valence-electron chi connectivity index (χ2n) is 6.92. The number of hydrogen-bond donors (Lipinski definition) is 3. The number of carbonyl (C=O) groups excluding carboxylic acids is 2. The van der Waals surface area contributed by atoms with Gasteiger partial charge in [0.2, 0.25) is 11.9 Å². The van der Waals surface area contributed by atoms with Crippen molar-refractivity contribution in [1.82, 2.24) is 10.3 Å². The summed E-state index contributed by atoms with van der Waals surface area (Å²) >= 11 is 0. The fourth-order valence-corrected chi connectivity index (χ4v) is 2.85. The summed E-state index contributed by atoms with van der Waals surface area (Å²) in [5.74, 6) is -0.216. The number of aromatic nitrogens is 1. The summed E-state index contributed by atoms with van der Waals surface area (Å²) in [6.45, 7) is 3.87. The van der Waals surface area contributed by atoms with Gasteiger partial charge in [-0.1, -0.05) is 31.2 Å². The van der Waals surface area contributed by atoms with E-state index >= 15 is 0 Å². The van der Waals surface area contributed by atoms with Gasteiger partial charge < -0.3 is 10.6 Å². The van der Waals surface area contributed by atoms with Gasteiger partial charge in [-0.2, -0.15) is 0 Å². The standard InChI is InChI=1S/C24H25N5O2/c1-3-18-9-11-21(12-10-18)28-24(26-16-19-6-5-13-25-15-19)29-23(31)20-7-4-8-22(14-20)27-17(2)30/h4-15H,3,16H2,1-2H3,(H,27,30)(H2,26,28,29,31). The predicted molar refractivity (Wildman–Crippen MR) is 123 cm³/mol. The molecule has 0 fully saturated rings. The highest BCUT2D eigenvalue weighted by Gasteiger charge is 2.11. The topological polar surface area (TPSA) is 95.5 Å². The van der Waals surface area contributed by atoms with Crippen molar-refractivity contribution in [3.8, 4) is 0 Å². The maximum Gasteiger partial charge on any atom is 0.258 e. The van der Waals surface area contributed by atoms with Crippen molar-refractivity contribution < 1.29 is 9.59 Å². The summed E-state index contributed by atoms with van der Waals surface area (Å²) in [5, 5.41) is 8.68. The number of rotatable bonds is 6. The van der Waals surface area contributed by atoms with Crippen LogP contribution in [0.3, 0.4) is 0 Å². The van der Waals surface area contributed by atoms with Crippen molar-refractivity contribution in [3.05, 3.63) is 89.7 Å². The highest BCUT2D eigenvalue weighted by atomic mass is 16.2. The minimum Gasteiger partial charge on any atom is -0.326 e. The largest absolute Gasteiger partial charge is 0.326 e. The molecule has 3 N–H and O–H groups in total. The Labute approximate surface area is 181 Å². The van der Waals surface area contributed by atoms with E-state index in [0.29, 0.717) is 23.8 Å². The summed E-state index contributed by atoms with van der Waals surface area (Å²) in [6.07, 6.45) is 4.38. The summed E-state index contributed by atoms with van der Waals surface area (Å²) < 4.78 is 0. The Morgan fingerprint density at radius 2 is 1.74 bits per heavy atom. The Bertz CT molecular complexity index is 1060. The molecule has 1 aromatic heterocycles. The highest BCUT2D eigenvalue weighted by Crippen LogP contribution is 2.12. The number of benzene rings is 2. The van der Waals surface area contributed by atoms with Gasteiger partial charge in [-0.25, -0.2) is 4.99 Å². The molecule has 1 heterocycles. The van der Waals surface area contributed by atoms with E-state index in [9.17, 15) is 9.59 Å². The van der Waals surface area contributed by atoms with Crippen LogP contribution in [0.25, 0.3) is 0 Å². The quantitative estimate of drug-likeness (QED) is 0.419. The lowest BCUT2D eigenvalue weighted by molar-refractivity contribution is -0.114. The smallest absolute Gasteiger partial charge is 0.258 e. The van der Waals surface area contributed by atoms with Crippen LogP contribution in [0.2, 0.25) is 0 Å². The third-order valence-electron chi connectivity index (χ3n) is 4.44. The number of pyridine rings is 1. The molecule has 0 aliphatic carbocycles. The molecule has 0 bridgehead atoms. The SMILES string of the molecule is CCc1ccc(NC(=NCc2cccnc2)NC(=O)c2cccc(NC(C)=O)c2)cc1. The number of aliphatic imine (C=N–C) groups is 1. The monoisotopic (exact) mass is 415 g/mol. The Morgan fingerprint density at radius 3 is 2.42 bits per heavy atom. The molecular formula is C24H25N5O2. The van der Waals surface area contributed by atoms with Gasteiger partial charge in [-0.05, 0) is 53.9 Å². The van der Waals surface area contributed by atoms with E-state index in [-0.39, 0.29) is 11.8 Å². The van der Waals surface area contributed by atoms with Crippen LogP contribution in [-0.4, -0.2) is 22.8 Å². The first-order valence-corrected chi connectivity index (χ1v) is 10.0. The maximum atomic E-state index is 12.8. The van der Waals surface area contributed by atoms with E-state index in [1.165, 1.54) is 12.5 Å². The number of amides is 2. The molecule has 0 spiro atoms. The zero-order valence-electron chi connectivity index (χ0n) is 17.6. The van der Waals surface area contributed by atoms with Crippen molar-refractivity contribution >= 4 is 29.1 Å². The number of anilines is 2. The molecule has 0 radical (unpaired) electrons. The van der Waals surface area contributed by atoms with Gasteiger partial charge in [0, 0.05) is 36.3 Å². The summed E-state index contributed by atoms with van der Waals surface area (Å²) in [4.78, 5) is 32.8. The third-order valence-corrected chi connectivity index (χ3v) is 4.44. The summed E-state index contributed by atoms with van der Waals surface area (Å²) in [5.41, 5.74) is 3.92. The number of nitrogens with zero attached hydrogens (tertiary/aromatic N) is 2. The lowest BCUT2D eigenvalue weighted by Crippen LogP contribution is -2.36. The van der Waals surface area contributed by atoms with Crippen LogP contribution < -0.4 is 16.0 Å². The molecule has 7 heteroatoms. The van der Waals surface area contributed by atoms with E-state index in [0.717, 1.165) is 17.7 Å². The van der Waals surface area contributed by atoms with Gasteiger partial charge in [0.15, 0.2) is 0 Å². The lowest BCUT2D eigenvalue weighted by atomic mass is 10.1. The zero-order valence-corrected chi connectivity index (χ0v) is 17.6. The first kappa shape index (κ1) is 21.7. The van der Waals surface area contributed by atoms with Crippen molar-refractivity contribution in [1.29, 1.82) is 0 Å². The number of aryl methyl sites for hydroxylation is 1. The average molecular weight is 415 g/mol. The van der Waals surface area contributed by atoms with Crippen molar-refractivity contribution in [2.75, 3.05) is 10.6 Å². The molecule has 7 nitrogen and oxygen atoms in total. The van der Waals surface area contributed by atoms with Gasteiger partial charge in [0.25, 0.3) is 5.91 Å². The molecule has 0 saturated carbocycles. The first-order valence-electron chi connectivity index (χ1n) is 10.0. The van der Waals surface area contributed by atoms with Crippen LogP contribution >= 0.6 is 0 Å². The molecule has 0 aliphatic heterocycles. The van der Waals surface area contributed by atoms with Crippen LogP contribution in [-0.2, 0) is 17.8 Å². The van der Waals surface area contributed by atoms with Crippen molar-refractivity contribution in [2.45, 2.75) is 26.8 Å². The van der Waals surface area contributed by atoms with E-state index in [1.807, 2.05) is 36.4 Å². The third kappa shape index (κ3) is 6.78. The van der Waals surface area contributed by atoms with Crippen LogP contribution in [0.4, 0.5) is 11.4 Å². The Balaban J connectivity index is 1.79. The normalized spacial score (nSPS) is 11.0. The van der Waals surface area contributed by atoms with Crippen LogP contribution in [0.1, 0.15) is 35.3 Å². The minimum atomic E-state index is -0.338. The Kier molecular flexibility index (Phi) is 7.48. The number of guanidine groups is 1. The number of carbonyl (C=O) groups is 2. The van der Waals surface area contributed by atoms with Gasteiger partial charge in [0.1, 0.15) is 0 Å². The Hall–Kier alpha value is -4.00. The van der Waals surface area contributed by atoms with Crippen LogP contribution in [0.15, 0.2) is 78.0 Å². The molecule has 0 aliphatic rings. The molecule has 31 heavy (non-hydrogen) atoms.